The zero-order chi connectivity index (χ0) is 13.3. The van der Waals surface area contributed by atoms with Crippen molar-refractivity contribution in [2.75, 3.05) is 19.6 Å². The second kappa shape index (κ2) is 5.02. The van der Waals surface area contributed by atoms with E-state index in [1.807, 2.05) is 6.92 Å². The summed E-state index contributed by atoms with van der Waals surface area (Å²) in [6, 6.07) is 2.61. The lowest BCUT2D eigenvalue weighted by Crippen LogP contribution is -2.51. The fourth-order valence-corrected chi connectivity index (χ4v) is 2.13. The summed E-state index contributed by atoms with van der Waals surface area (Å²) >= 11 is 0. The quantitative estimate of drug-likeness (QED) is 0.827. The van der Waals surface area contributed by atoms with Gasteiger partial charge in [0.1, 0.15) is 17.2 Å². The third-order valence-corrected chi connectivity index (χ3v) is 3.15. The molecule has 0 saturated carbocycles. The van der Waals surface area contributed by atoms with Crippen molar-refractivity contribution in [1.82, 2.24) is 10.2 Å². The first-order chi connectivity index (χ1) is 8.50. The Hall–Kier alpha value is -1.49. The minimum Gasteiger partial charge on any atom is -0.336 e. The van der Waals surface area contributed by atoms with Crippen LogP contribution < -0.4 is 5.32 Å². The SMILES string of the molecule is Cc1ccc(F)c(C(=O)N2CCN[C@H](C)C2)c1F. The molecule has 0 aliphatic carbocycles. The Balaban J connectivity index is 2.31. The summed E-state index contributed by atoms with van der Waals surface area (Å²) in [7, 11) is 0. The summed E-state index contributed by atoms with van der Waals surface area (Å²) in [4.78, 5) is 13.6. The van der Waals surface area contributed by atoms with Gasteiger partial charge in [-0.05, 0) is 25.5 Å². The van der Waals surface area contributed by atoms with Crippen LogP contribution in [0.2, 0.25) is 0 Å². The number of hydrogen-bond donors (Lipinski definition) is 1. The van der Waals surface area contributed by atoms with E-state index in [1.165, 1.54) is 17.9 Å². The average Bonchev–Trinajstić information content (AvgIpc) is 2.34. The maximum atomic E-state index is 13.9. The average molecular weight is 254 g/mol. The summed E-state index contributed by atoms with van der Waals surface area (Å²) in [6.07, 6.45) is 0. The third-order valence-electron chi connectivity index (χ3n) is 3.15. The van der Waals surface area contributed by atoms with Gasteiger partial charge in [-0.15, -0.1) is 0 Å². The summed E-state index contributed by atoms with van der Waals surface area (Å²) in [5.41, 5.74) is -0.160. The molecular weight excluding hydrogens is 238 g/mol. The van der Waals surface area contributed by atoms with Gasteiger partial charge in [0.25, 0.3) is 5.91 Å². The molecule has 1 heterocycles. The van der Waals surface area contributed by atoms with Crippen LogP contribution in [0, 0.1) is 18.6 Å². The minimum absolute atomic E-state index is 0.138. The Labute approximate surface area is 105 Å². The van der Waals surface area contributed by atoms with Crippen molar-refractivity contribution < 1.29 is 13.6 Å². The first-order valence-electron chi connectivity index (χ1n) is 5.98. The van der Waals surface area contributed by atoms with Crippen molar-refractivity contribution in [2.24, 2.45) is 0 Å². The smallest absolute Gasteiger partial charge is 0.259 e. The molecule has 1 aliphatic rings. The van der Waals surface area contributed by atoms with Crippen LogP contribution in [0.5, 0.6) is 0 Å². The molecule has 5 heteroatoms. The summed E-state index contributed by atoms with van der Waals surface area (Å²) in [5.74, 6) is -2.12. The predicted octanol–water partition coefficient (Wildman–Crippen LogP) is 1.71. The van der Waals surface area contributed by atoms with Crippen molar-refractivity contribution >= 4 is 5.91 Å². The van der Waals surface area contributed by atoms with Crippen LogP contribution in [0.15, 0.2) is 12.1 Å². The molecule has 0 bridgehead atoms. The Morgan fingerprint density at radius 2 is 2.17 bits per heavy atom. The van der Waals surface area contributed by atoms with E-state index in [1.54, 1.807) is 0 Å². The number of carbonyl (C=O) groups is 1. The highest BCUT2D eigenvalue weighted by atomic mass is 19.1. The van der Waals surface area contributed by atoms with Crippen LogP contribution in [0.1, 0.15) is 22.8 Å². The number of aryl methyl sites for hydroxylation is 1. The highest BCUT2D eigenvalue weighted by Gasteiger charge is 2.27. The van der Waals surface area contributed by atoms with E-state index in [9.17, 15) is 13.6 Å². The van der Waals surface area contributed by atoms with E-state index >= 15 is 0 Å². The molecule has 0 unspecified atom stereocenters. The van der Waals surface area contributed by atoms with Gasteiger partial charge >= 0.3 is 0 Å². The van der Waals surface area contributed by atoms with Gasteiger partial charge in [-0.1, -0.05) is 6.07 Å². The summed E-state index contributed by atoms with van der Waals surface area (Å²) in [6.45, 7) is 5.03. The van der Waals surface area contributed by atoms with E-state index in [0.29, 0.717) is 19.6 Å². The molecule has 3 nitrogen and oxygen atoms in total. The van der Waals surface area contributed by atoms with Gasteiger partial charge in [-0.25, -0.2) is 8.78 Å². The van der Waals surface area contributed by atoms with Gasteiger partial charge < -0.3 is 10.2 Å². The topological polar surface area (TPSA) is 32.3 Å². The largest absolute Gasteiger partial charge is 0.336 e. The fraction of sp³-hybridized carbons (Fsp3) is 0.462. The van der Waals surface area contributed by atoms with Crippen LogP contribution in [-0.4, -0.2) is 36.5 Å². The number of nitrogens with one attached hydrogen (secondary N) is 1. The number of halogens is 2. The van der Waals surface area contributed by atoms with E-state index in [0.717, 1.165) is 6.07 Å². The van der Waals surface area contributed by atoms with E-state index in [-0.39, 0.29) is 11.6 Å². The van der Waals surface area contributed by atoms with Gasteiger partial charge in [0.05, 0.1) is 0 Å². The molecule has 1 aromatic carbocycles. The zero-order valence-electron chi connectivity index (χ0n) is 10.5. The highest BCUT2D eigenvalue weighted by Crippen LogP contribution is 2.19. The van der Waals surface area contributed by atoms with Crippen molar-refractivity contribution in [3.63, 3.8) is 0 Å². The van der Waals surface area contributed by atoms with Crippen LogP contribution in [-0.2, 0) is 0 Å². The number of carbonyl (C=O) groups excluding carboxylic acids is 1. The number of nitrogens with zero attached hydrogens (tertiary/aromatic N) is 1. The zero-order valence-corrected chi connectivity index (χ0v) is 10.5. The van der Waals surface area contributed by atoms with Crippen molar-refractivity contribution in [1.29, 1.82) is 0 Å². The predicted molar refractivity (Wildman–Crippen MR) is 64.5 cm³/mol. The van der Waals surface area contributed by atoms with E-state index < -0.39 is 23.1 Å². The molecule has 0 radical (unpaired) electrons. The maximum Gasteiger partial charge on any atom is 0.259 e. The van der Waals surface area contributed by atoms with Crippen LogP contribution in [0.4, 0.5) is 8.78 Å². The lowest BCUT2D eigenvalue weighted by molar-refractivity contribution is 0.0699. The molecule has 18 heavy (non-hydrogen) atoms. The van der Waals surface area contributed by atoms with Crippen LogP contribution in [0.3, 0.4) is 0 Å². The molecule has 1 aliphatic heterocycles. The summed E-state index contributed by atoms with van der Waals surface area (Å²) < 4.78 is 27.5. The first kappa shape index (κ1) is 13.0. The first-order valence-corrected chi connectivity index (χ1v) is 5.98. The maximum absolute atomic E-state index is 13.9. The van der Waals surface area contributed by atoms with Crippen LogP contribution in [0.25, 0.3) is 0 Å². The highest BCUT2D eigenvalue weighted by molar-refractivity contribution is 5.95. The van der Waals surface area contributed by atoms with Gasteiger partial charge in [0.15, 0.2) is 0 Å². The Morgan fingerprint density at radius 1 is 1.44 bits per heavy atom. The minimum atomic E-state index is -0.797. The Morgan fingerprint density at radius 3 is 2.83 bits per heavy atom. The molecule has 1 aromatic rings. The molecule has 1 amide bonds. The number of hydrogen-bond acceptors (Lipinski definition) is 2. The lowest BCUT2D eigenvalue weighted by atomic mass is 10.1. The van der Waals surface area contributed by atoms with Gasteiger partial charge in [0.2, 0.25) is 0 Å². The normalized spacial score (nSPS) is 20.0. The monoisotopic (exact) mass is 254 g/mol. The van der Waals surface area contributed by atoms with Gasteiger partial charge in [-0.2, -0.15) is 0 Å². The second-order valence-corrected chi connectivity index (χ2v) is 4.66. The molecule has 1 saturated heterocycles. The van der Waals surface area contributed by atoms with Crippen molar-refractivity contribution in [2.45, 2.75) is 19.9 Å². The number of rotatable bonds is 1. The Kier molecular flexibility index (Phi) is 3.61. The lowest BCUT2D eigenvalue weighted by Gasteiger charge is -2.32. The van der Waals surface area contributed by atoms with Gasteiger partial charge in [0, 0.05) is 25.7 Å². The Bertz CT molecular complexity index is 476. The number of piperazine rings is 1. The standard InChI is InChI=1S/C13H16F2N2O/c1-8-3-4-10(14)11(12(8)15)13(18)17-6-5-16-9(2)7-17/h3-4,9,16H,5-7H2,1-2H3/t9-/m1/s1. The molecular formula is C13H16F2N2O. The second-order valence-electron chi connectivity index (χ2n) is 4.66. The summed E-state index contributed by atoms with van der Waals surface area (Å²) in [5, 5.41) is 3.18. The molecule has 1 fully saturated rings. The number of amides is 1. The van der Waals surface area contributed by atoms with Gasteiger partial charge in [-0.3, -0.25) is 4.79 Å². The molecule has 0 aromatic heterocycles. The molecule has 0 spiro atoms. The van der Waals surface area contributed by atoms with Crippen molar-refractivity contribution in [3.05, 3.63) is 34.9 Å². The molecule has 1 N–H and O–H groups in total. The van der Waals surface area contributed by atoms with E-state index in [2.05, 4.69) is 5.32 Å². The third kappa shape index (κ3) is 2.36. The van der Waals surface area contributed by atoms with E-state index in [4.69, 9.17) is 0 Å². The number of benzene rings is 1. The molecule has 1 atom stereocenters. The van der Waals surface area contributed by atoms with Crippen molar-refractivity contribution in [3.8, 4) is 0 Å². The fourth-order valence-electron chi connectivity index (χ4n) is 2.13. The van der Waals surface area contributed by atoms with Crippen LogP contribution >= 0.6 is 0 Å². The molecule has 2 rings (SSSR count). The molecule has 98 valence electrons.